The number of aromatic nitrogens is 6. The predicted octanol–water partition coefficient (Wildman–Crippen LogP) is 2.48. The lowest BCUT2D eigenvalue weighted by Crippen LogP contribution is -2.23. The molecule has 4 rings (SSSR count). The molecule has 28 heavy (non-hydrogen) atoms. The minimum atomic E-state index is 0.569. The molecule has 4 aromatic rings. The van der Waals surface area contributed by atoms with Crippen LogP contribution in [0.4, 0.5) is 11.8 Å². The summed E-state index contributed by atoms with van der Waals surface area (Å²) in [4.78, 5) is 30.6. The van der Waals surface area contributed by atoms with Gasteiger partial charge in [0.2, 0.25) is 5.95 Å². The van der Waals surface area contributed by atoms with Gasteiger partial charge in [0, 0.05) is 44.3 Å². The van der Waals surface area contributed by atoms with E-state index in [0.29, 0.717) is 19.0 Å². The molecular weight excluding hydrogens is 352 g/mol. The topological polar surface area (TPSA) is 83.8 Å². The van der Waals surface area contributed by atoms with Gasteiger partial charge >= 0.3 is 0 Å². The van der Waals surface area contributed by atoms with E-state index in [4.69, 9.17) is 9.97 Å². The van der Waals surface area contributed by atoms with Crippen LogP contribution in [0.5, 0.6) is 0 Å². The van der Waals surface area contributed by atoms with Crippen LogP contribution in [0.2, 0.25) is 0 Å². The molecule has 140 valence electrons. The first-order chi connectivity index (χ1) is 13.7. The van der Waals surface area contributed by atoms with Crippen molar-refractivity contribution in [1.82, 2.24) is 29.9 Å². The summed E-state index contributed by atoms with van der Waals surface area (Å²) in [6.07, 6.45) is 10.2. The molecule has 0 fully saturated rings. The molecule has 0 aliphatic rings. The molecule has 8 heteroatoms. The Labute approximate surface area is 163 Å². The van der Waals surface area contributed by atoms with E-state index in [1.165, 1.54) is 0 Å². The van der Waals surface area contributed by atoms with Crippen molar-refractivity contribution in [3.63, 3.8) is 0 Å². The second-order valence-corrected chi connectivity index (χ2v) is 6.47. The largest absolute Gasteiger partial charge is 0.353 e. The van der Waals surface area contributed by atoms with Crippen LogP contribution in [0.15, 0.2) is 61.4 Å². The Bertz CT molecular complexity index is 1060. The molecule has 0 aliphatic heterocycles. The van der Waals surface area contributed by atoms with Crippen molar-refractivity contribution in [3.05, 3.63) is 72.8 Å². The first-order valence-corrected chi connectivity index (χ1v) is 8.89. The van der Waals surface area contributed by atoms with Crippen molar-refractivity contribution in [2.45, 2.75) is 13.1 Å². The van der Waals surface area contributed by atoms with Gasteiger partial charge in [-0.25, -0.2) is 4.98 Å². The Hall–Kier alpha value is -3.68. The van der Waals surface area contributed by atoms with Gasteiger partial charge in [0.1, 0.15) is 5.82 Å². The zero-order chi connectivity index (χ0) is 19.3. The van der Waals surface area contributed by atoms with E-state index in [1.807, 2.05) is 43.3 Å². The fourth-order valence-corrected chi connectivity index (χ4v) is 2.96. The van der Waals surface area contributed by atoms with Gasteiger partial charge in [0.25, 0.3) is 0 Å². The molecule has 0 bridgehead atoms. The summed E-state index contributed by atoms with van der Waals surface area (Å²) in [5.41, 5.74) is 2.62. The van der Waals surface area contributed by atoms with Gasteiger partial charge in [-0.05, 0) is 12.1 Å². The zero-order valence-electron chi connectivity index (χ0n) is 15.8. The van der Waals surface area contributed by atoms with Crippen molar-refractivity contribution in [2.24, 2.45) is 0 Å². The Balaban J connectivity index is 1.69. The Morgan fingerprint density at radius 1 is 0.750 bits per heavy atom. The molecule has 3 aromatic heterocycles. The fraction of sp³-hybridized carbons (Fsp3) is 0.200. The summed E-state index contributed by atoms with van der Waals surface area (Å²) >= 11 is 0. The molecule has 0 atom stereocenters. The number of hydrogen-bond acceptors (Lipinski definition) is 8. The number of benzene rings is 1. The highest BCUT2D eigenvalue weighted by atomic mass is 15.3. The third-order valence-corrected chi connectivity index (χ3v) is 4.31. The summed E-state index contributed by atoms with van der Waals surface area (Å²) in [5.74, 6) is 1.47. The number of para-hydroxylation sites is 1. The van der Waals surface area contributed by atoms with Crippen molar-refractivity contribution < 1.29 is 0 Å². The molecule has 1 aromatic carbocycles. The summed E-state index contributed by atoms with van der Waals surface area (Å²) in [7, 11) is 3.95. The van der Waals surface area contributed by atoms with Crippen LogP contribution in [0.25, 0.3) is 10.9 Å². The van der Waals surface area contributed by atoms with Crippen molar-refractivity contribution in [3.8, 4) is 0 Å². The van der Waals surface area contributed by atoms with Crippen molar-refractivity contribution >= 4 is 22.7 Å². The Morgan fingerprint density at radius 2 is 1.39 bits per heavy atom. The zero-order valence-corrected chi connectivity index (χ0v) is 15.8. The van der Waals surface area contributed by atoms with Crippen LogP contribution in [-0.2, 0) is 13.1 Å². The highest BCUT2D eigenvalue weighted by Crippen LogP contribution is 2.26. The maximum atomic E-state index is 4.84. The van der Waals surface area contributed by atoms with E-state index in [2.05, 4.69) is 24.8 Å². The highest BCUT2D eigenvalue weighted by molar-refractivity contribution is 5.90. The molecule has 0 aliphatic carbocycles. The number of rotatable bonds is 6. The third-order valence-electron chi connectivity index (χ3n) is 4.31. The number of fused-ring (bicyclic) bond motifs is 1. The monoisotopic (exact) mass is 372 g/mol. The molecule has 0 saturated heterocycles. The van der Waals surface area contributed by atoms with Crippen LogP contribution in [0.1, 0.15) is 11.4 Å². The molecule has 8 nitrogen and oxygen atoms in total. The van der Waals surface area contributed by atoms with E-state index in [1.54, 1.807) is 37.2 Å². The average Bonchev–Trinajstić information content (AvgIpc) is 2.74. The van der Waals surface area contributed by atoms with E-state index in [0.717, 1.165) is 28.1 Å². The van der Waals surface area contributed by atoms with Gasteiger partial charge in [-0.15, -0.1) is 0 Å². The molecule has 0 unspecified atom stereocenters. The van der Waals surface area contributed by atoms with Crippen LogP contribution >= 0.6 is 0 Å². The Kier molecular flexibility index (Phi) is 5.01. The van der Waals surface area contributed by atoms with Gasteiger partial charge in [-0.1, -0.05) is 12.1 Å². The molecule has 0 spiro atoms. The van der Waals surface area contributed by atoms with Crippen LogP contribution in [-0.4, -0.2) is 44.0 Å². The standard InChI is InChI=1S/C20H20N8/c1-27(13-15-11-21-7-9-23-15)19-17-5-3-4-6-18(17)25-20(26-19)28(2)14-16-12-22-8-10-24-16/h3-12H,13-14H2,1-2H3. The minimum Gasteiger partial charge on any atom is -0.353 e. The van der Waals surface area contributed by atoms with Crippen LogP contribution < -0.4 is 9.80 Å². The molecular formula is C20H20N8. The lowest BCUT2D eigenvalue weighted by molar-refractivity contribution is 0.820. The molecule has 0 radical (unpaired) electrons. The maximum Gasteiger partial charge on any atom is 0.227 e. The number of hydrogen-bond donors (Lipinski definition) is 0. The quantitative estimate of drug-likeness (QED) is 0.510. The lowest BCUT2D eigenvalue weighted by Gasteiger charge is -2.23. The molecule has 0 amide bonds. The lowest BCUT2D eigenvalue weighted by atomic mass is 10.2. The number of nitrogens with zero attached hydrogens (tertiary/aromatic N) is 8. The van der Waals surface area contributed by atoms with Gasteiger partial charge in [0.15, 0.2) is 0 Å². The summed E-state index contributed by atoms with van der Waals surface area (Å²) in [5, 5.41) is 0.991. The third kappa shape index (κ3) is 3.85. The SMILES string of the molecule is CN(Cc1cnccn1)c1nc(N(C)Cc2cnccn2)c2ccccc2n1. The van der Waals surface area contributed by atoms with Gasteiger partial charge < -0.3 is 9.80 Å². The predicted molar refractivity (Wildman–Crippen MR) is 108 cm³/mol. The van der Waals surface area contributed by atoms with Crippen LogP contribution in [0, 0.1) is 0 Å². The van der Waals surface area contributed by atoms with E-state index >= 15 is 0 Å². The minimum absolute atomic E-state index is 0.569. The van der Waals surface area contributed by atoms with Crippen LogP contribution in [0.3, 0.4) is 0 Å². The summed E-state index contributed by atoms with van der Waals surface area (Å²) in [6, 6.07) is 8.00. The van der Waals surface area contributed by atoms with E-state index in [9.17, 15) is 0 Å². The molecule has 3 heterocycles. The first-order valence-electron chi connectivity index (χ1n) is 8.89. The van der Waals surface area contributed by atoms with E-state index in [-0.39, 0.29) is 0 Å². The maximum absolute atomic E-state index is 4.84. The highest BCUT2D eigenvalue weighted by Gasteiger charge is 2.15. The van der Waals surface area contributed by atoms with Gasteiger partial charge in [0.05, 0.1) is 42.4 Å². The van der Waals surface area contributed by atoms with Crippen molar-refractivity contribution in [2.75, 3.05) is 23.9 Å². The summed E-state index contributed by atoms with van der Waals surface area (Å²) < 4.78 is 0. The van der Waals surface area contributed by atoms with Crippen molar-refractivity contribution in [1.29, 1.82) is 0 Å². The Morgan fingerprint density at radius 3 is 2.04 bits per heavy atom. The normalized spacial score (nSPS) is 10.8. The second-order valence-electron chi connectivity index (χ2n) is 6.47. The fourth-order valence-electron chi connectivity index (χ4n) is 2.96. The molecule has 0 N–H and O–H groups in total. The number of anilines is 2. The van der Waals surface area contributed by atoms with Gasteiger partial charge in [-0.2, -0.15) is 4.98 Å². The molecule has 0 saturated carbocycles. The van der Waals surface area contributed by atoms with Gasteiger partial charge in [-0.3, -0.25) is 19.9 Å². The first kappa shape index (κ1) is 17.7. The summed E-state index contributed by atoms with van der Waals surface area (Å²) in [6.45, 7) is 1.17. The smallest absolute Gasteiger partial charge is 0.227 e. The second kappa shape index (κ2) is 7.91. The average molecular weight is 372 g/mol. The van der Waals surface area contributed by atoms with E-state index < -0.39 is 0 Å².